The van der Waals surface area contributed by atoms with Crippen LogP contribution in [0.3, 0.4) is 0 Å². The summed E-state index contributed by atoms with van der Waals surface area (Å²) < 4.78 is 26.6. The number of carbonyl (C=O) groups excluding carboxylic acids is 1. The van der Waals surface area contributed by atoms with E-state index in [0.29, 0.717) is 26.2 Å². The molecule has 4 nitrogen and oxygen atoms in total. The number of benzene rings is 1. The van der Waals surface area contributed by atoms with E-state index in [2.05, 4.69) is 9.88 Å². The van der Waals surface area contributed by atoms with Crippen LogP contribution in [0.25, 0.3) is 0 Å². The van der Waals surface area contributed by atoms with Crippen molar-refractivity contribution in [3.8, 4) is 0 Å². The van der Waals surface area contributed by atoms with Gasteiger partial charge in [-0.15, -0.1) is 0 Å². The molecule has 1 N–H and O–H groups in total. The van der Waals surface area contributed by atoms with Crippen molar-refractivity contribution in [3.05, 3.63) is 59.8 Å². The fraction of sp³-hybridized carbons (Fsp3) is 0.250. The van der Waals surface area contributed by atoms with Crippen LogP contribution in [-0.2, 0) is 0 Å². The van der Waals surface area contributed by atoms with Crippen molar-refractivity contribution in [1.29, 1.82) is 0 Å². The number of carbonyl (C=O) groups is 1. The van der Waals surface area contributed by atoms with Crippen LogP contribution in [0.15, 0.2) is 42.6 Å². The first-order valence-electron chi connectivity index (χ1n) is 7.11. The molecule has 1 aromatic carbocycles. The molecule has 0 saturated carbocycles. The molecule has 6 heteroatoms. The van der Waals surface area contributed by atoms with Crippen molar-refractivity contribution in [2.24, 2.45) is 0 Å². The smallest absolute Gasteiger partial charge is 0.274 e. The number of hydrogen-bond acceptors (Lipinski definition) is 2. The molecule has 2 aromatic rings. The molecule has 22 heavy (non-hydrogen) atoms. The van der Waals surface area contributed by atoms with E-state index in [1.54, 1.807) is 4.90 Å². The van der Waals surface area contributed by atoms with Gasteiger partial charge in [0.1, 0.15) is 24.7 Å². The highest BCUT2D eigenvalue weighted by Gasteiger charge is 2.27. The summed E-state index contributed by atoms with van der Waals surface area (Å²) in [4.78, 5) is 19.2. The number of anilines is 1. The monoisotopic (exact) mass is 304 g/mol. The quantitative estimate of drug-likeness (QED) is 0.847. The van der Waals surface area contributed by atoms with Crippen LogP contribution >= 0.6 is 0 Å². The number of nitrogens with zero attached hydrogens (tertiary/aromatic N) is 2. The normalized spacial score (nSPS) is 15.0. The lowest BCUT2D eigenvalue weighted by molar-refractivity contribution is -0.364. The van der Waals surface area contributed by atoms with Crippen molar-refractivity contribution in [1.82, 2.24) is 4.90 Å². The molecule has 2 heterocycles. The molecule has 1 fully saturated rings. The molecule has 114 valence electrons. The van der Waals surface area contributed by atoms with E-state index in [0.717, 1.165) is 18.0 Å². The second-order valence-corrected chi connectivity index (χ2v) is 5.15. The van der Waals surface area contributed by atoms with Crippen LogP contribution in [0.1, 0.15) is 10.4 Å². The average Bonchev–Trinajstić information content (AvgIpc) is 2.55. The van der Waals surface area contributed by atoms with Crippen molar-refractivity contribution in [2.75, 3.05) is 31.1 Å². The number of amides is 1. The third-order valence-corrected chi connectivity index (χ3v) is 3.76. The van der Waals surface area contributed by atoms with Gasteiger partial charge in [0.25, 0.3) is 11.7 Å². The zero-order valence-electron chi connectivity index (χ0n) is 11.9. The van der Waals surface area contributed by atoms with E-state index in [-0.39, 0.29) is 5.56 Å². The average molecular weight is 304 g/mol. The Morgan fingerprint density at radius 1 is 1.05 bits per heavy atom. The summed E-state index contributed by atoms with van der Waals surface area (Å²) in [5.41, 5.74) is -0.0823. The highest BCUT2D eigenvalue weighted by molar-refractivity contribution is 5.94. The Kier molecular flexibility index (Phi) is 4.00. The van der Waals surface area contributed by atoms with E-state index in [1.165, 1.54) is 6.07 Å². The first-order chi connectivity index (χ1) is 10.6. The van der Waals surface area contributed by atoms with Gasteiger partial charge in [0.15, 0.2) is 0 Å². The molecule has 0 bridgehead atoms. The van der Waals surface area contributed by atoms with Crippen molar-refractivity contribution in [3.63, 3.8) is 0 Å². The molecule has 0 radical (unpaired) electrons. The van der Waals surface area contributed by atoms with Gasteiger partial charge in [-0.3, -0.25) is 9.69 Å². The fourth-order valence-electron chi connectivity index (χ4n) is 2.56. The Bertz CT molecular complexity index is 670. The van der Waals surface area contributed by atoms with Gasteiger partial charge in [0.2, 0.25) is 0 Å². The predicted molar refractivity (Wildman–Crippen MR) is 77.5 cm³/mol. The second kappa shape index (κ2) is 6.09. The lowest BCUT2D eigenvalue weighted by Crippen LogP contribution is -2.50. The Labute approximate surface area is 127 Å². The molecule has 1 amide bonds. The van der Waals surface area contributed by atoms with Gasteiger partial charge in [-0.25, -0.2) is 13.8 Å². The summed E-state index contributed by atoms with van der Waals surface area (Å²) >= 11 is 0. The van der Waals surface area contributed by atoms with Gasteiger partial charge in [-0.05, 0) is 18.2 Å². The SMILES string of the molecule is O=C(c1ccc(F)cc1F)N1CCN(c2cccc[nH+]2)CC1. The van der Waals surface area contributed by atoms with E-state index in [9.17, 15) is 13.6 Å². The molecule has 0 spiro atoms. The molecule has 0 aliphatic carbocycles. The van der Waals surface area contributed by atoms with Crippen molar-refractivity contribution in [2.45, 2.75) is 0 Å². The highest BCUT2D eigenvalue weighted by Crippen LogP contribution is 2.15. The third-order valence-electron chi connectivity index (χ3n) is 3.76. The largest absolute Gasteiger partial charge is 0.331 e. The number of piperazine rings is 1. The Hall–Kier alpha value is -2.50. The predicted octanol–water partition coefficient (Wildman–Crippen LogP) is 1.74. The van der Waals surface area contributed by atoms with Crippen LogP contribution < -0.4 is 9.88 Å². The van der Waals surface area contributed by atoms with Crippen LogP contribution in [0.4, 0.5) is 14.6 Å². The molecule has 0 unspecified atom stereocenters. The molecule has 1 aliphatic rings. The standard InChI is InChI=1S/C16H15F2N3O/c17-12-4-5-13(14(18)11-12)16(22)21-9-7-20(8-10-21)15-3-1-2-6-19-15/h1-6,11H,7-10H2/p+1. The molecule has 1 saturated heterocycles. The number of rotatable bonds is 2. The second-order valence-electron chi connectivity index (χ2n) is 5.15. The van der Waals surface area contributed by atoms with Crippen LogP contribution in [0.5, 0.6) is 0 Å². The van der Waals surface area contributed by atoms with Crippen LogP contribution in [0, 0.1) is 11.6 Å². The fourth-order valence-corrected chi connectivity index (χ4v) is 2.56. The minimum absolute atomic E-state index is 0.0823. The molecule has 3 rings (SSSR count). The number of aromatic amines is 1. The van der Waals surface area contributed by atoms with Gasteiger partial charge in [0, 0.05) is 12.1 Å². The van der Waals surface area contributed by atoms with Crippen LogP contribution in [-0.4, -0.2) is 37.0 Å². The summed E-state index contributed by atoms with van der Waals surface area (Å²) in [6.45, 7) is 2.32. The zero-order valence-corrected chi connectivity index (χ0v) is 11.9. The maximum absolute atomic E-state index is 13.7. The highest BCUT2D eigenvalue weighted by atomic mass is 19.1. The molecule has 1 aliphatic heterocycles. The van der Waals surface area contributed by atoms with Gasteiger partial charge < -0.3 is 4.90 Å². The number of nitrogens with one attached hydrogen (secondary N) is 1. The number of halogens is 2. The Morgan fingerprint density at radius 2 is 1.82 bits per heavy atom. The summed E-state index contributed by atoms with van der Waals surface area (Å²) in [6.07, 6.45) is 1.85. The van der Waals surface area contributed by atoms with Crippen molar-refractivity contribution < 1.29 is 18.6 Å². The molecular weight excluding hydrogens is 288 g/mol. The van der Waals surface area contributed by atoms with Gasteiger partial charge in [0.05, 0.1) is 24.8 Å². The van der Waals surface area contributed by atoms with Crippen molar-refractivity contribution >= 4 is 11.7 Å². The number of H-pyrrole nitrogens is 1. The first-order valence-corrected chi connectivity index (χ1v) is 7.11. The molecule has 0 atom stereocenters. The third kappa shape index (κ3) is 2.90. The van der Waals surface area contributed by atoms with E-state index >= 15 is 0 Å². The summed E-state index contributed by atoms with van der Waals surface area (Å²) in [5.74, 6) is -0.904. The Balaban J connectivity index is 1.67. The minimum Gasteiger partial charge on any atom is -0.331 e. The summed E-state index contributed by atoms with van der Waals surface area (Å²) in [6, 6.07) is 8.85. The minimum atomic E-state index is -0.816. The number of aromatic nitrogens is 1. The zero-order chi connectivity index (χ0) is 15.5. The van der Waals surface area contributed by atoms with E-state index < -0.39 is 17.5 Å². The van der Waals surface area contributed by atoms with E-state index in [1.807, 2.05) is 24.4 Å². The number of hydrogen-bond donors (Lipinski definition) is 0. The van der Waals surface area contributed by atoms with E-state index in [4.69, 9.17) is 0 Å². The first kappa shape index (κ1) is 14.4. The molecule has 1 aromatic heterocycles. The summed E-state index contributed by atoms with van der Waals surface area (Å²) in [7, 11) is 0. The topological polar surface area (TPSA) is 37.7 Å². The maximum atomic E-state index is 13.7. The lowest BCUT2D eigenvalue weighted by atomic mass is 10.1. The number of pyridine rings is 1. The van der Waals surface area contributed by atoms with Gasteiger partial charge >= 0.3 is 0 Å². The summed E-state index contributed by atoms with van der Waals surface area (Å²) in [5, 5.41) is 0. The Morgan fingerprint density at radius 3 is 2.45 bits per heavy atom. The molecular formula is C16H16F2N3O+. The van der Waals surface area contributed by atoms with Gasteiger partial charge in [-0.2, -0.15) is 0 Å². The lowest BCUT2D eigenvalue weighted by Gasteiger charge is -2.31. The van der Waals surface area contributed by atoms with Crippen LogP contribution in [0.2, 0.25) is 0 Å². The maximum Gasteiger partial charge on any atom is 0.274 e. The van der Waals surface area contributed by atoms with Gasteiger partial charge in [-0.1, -0.05) is 6.07 Å².